The van der Waals surface area contributed by atoms with E-state index in [1.165, 1.54) is 32.4 Å². The van der Waals surface area contributed by atoms with E-state index in [9.17, 15) is 0 Å². The van der Waals surface area contributed by atoms with Crippen LogP contribution in [0.5, 0.6) is 5.75 Å². The maximum Gasteiger partial charge on any atom is 0.209 e. The van der Waals surface area contributed by atoms with Crippen molar-refractivity contribution in [1.29, 1.82) is 0 Å². The maximum atomic E-state index is 6.21. The smallest absolute Gasteiger partial charge is 0.209 e. The summed E-state index contributed by atoms with van der Waals surface area (Å²) in [6.45, 7) is 3.06. The van der Waals surface area contributed by atoms with E-state index in [1.807, 2.05) is 32.3 Å². The summed E-state index contributed by atoms with van der Waals surface area (Å²) in [5, 5.41) is 0. The normalized spacial score (nSPS) is 20.6. The van der Waals surface area contributed by atoms with Crippen molar-refractivity contribution in [1.82, 2.24) is 14.8 Å². The van der Waals surface area contributed by atoms with Gasteiger partial charge in [0.15, 0.2) is 5.58 Å². The second-order valence-electron chi connectivity index (χ2n) is 7.41. The first-order valence-corrected chi connectivity index (χ1v) is 9.12. The predicted molar refractivity (Wildman–Crippen MR) is 94.3 cm³/mol. The van der Waals surface area contributed by atoms with Crippen LogP contribution >= 0.6 is 0 Å². The largest absolute Gasteiger partial charge is 0.490 e. The number of nitrogens with zero attached hydrogens (tertiary/aromatic N) is 3. The van der Waals surface area contributed by atoms with Crippen LogP contribution in [0.3, 0.4) is 0 Å². The van der Waals surface area contributed by atoms with E-state index in [0.717, 1.165) is 41.6 Å². The van der Waals surface area contributed by atoms with Gasteiger partial charge in [-0.2, -0.15) is 0 Å². The van der Waals surface area contributed by atoms with Crippen molar-refractivity contribution in [3.8, 4) is 5.75 Å². The van der Waals surface area contributed by atoms with Crippen LogP contribution in [0.2, 0.25) is 0 Å². The van der Waals surface area contributed by atoms with Crippen molar-refractivity contribution in [3.05, 3.63) is 24.1 Å². The Hall–Kier alpha value is -1.59. The summed E-state index contributed by atoms with van der Waals surface area (Å²) in [5.41, 5.74) is 1.72. The summed E-state index contributed by atoms with van der Waals surface area (Å²) in [5.74, 6) is 1.65. The molecule has 1 saturated heterocycles. The Kier molecular flexibility index (Phi) is 4.46. The van der Waals surface area contributed by atoms with Crippen LogP contribution in [0.4, 0.5) is 0 Å². The molecule has 0 amide bonds. The summed E-state index contributed by atoms with van der Waals surface area (Å²) >= 11 is 0. The average molecular weight is 329 g/mol. The molecule has 24 heavy (non-hydrogen) atoms. The summed E-state index contributed by atoms with van der Waals surface area (Å²) in [6, 6.07) is 6.85. The fourth-order valence-corrected chi connectivity index (χ4v) is 3.67. The molecule has 0 atom stereocenters. The Balaban J connectivity index is 1.37. The van der Waals surface area contributed by atoms with Crippen molar-refractivity contribution in [2.24, 2.45) is 0 Å². The van der Waals surface area contributed by atoms with Gasteiger partial charge in [0, 0.05) is 25.2 Å². The maximum absolute atomic E-state index is 6.21. The molecule has 4 rings (SSSR count). The van der Waals surface area contributed by atoms with Gasteiger partial charge in [0.05, 0.1) is 6.54 Å². The molecule has 5 nitrogen and oxygen atoms in total. The highest BCUT2D eigenvalue weighted by Gasteiger charge is 2.29. The van der Waals surface area contributed by atoms with Crippen molar-refractivity contribution < 1.29 is 9.15 Å². The molecule has 1 aliphatic carbocycles. The standard InChI is InChI=1S/C19H27N3O2/c1-21(2)13-19-20-17-7-6-16(12-18(17)24-19)23-15-8-10-22(11-9-15)14-4-3-5-14/h6-7,12,14-15H,3-5,8-11,13H2,1-2H3. The number of piperidine rings is 1. The van der Waals surface area contributed by atoms with Gasteiger partial charge in [-0.3, -0.25) is 0 Å². The van der Waals surface area contributed by atoms with Crippen LogP contribution in [0.15, 0.2) is 22.6 Å². The fourth-order valence-electron chi connectivity index (χ4n) is 3.67. The van der Waals surface area contributed by atoms with E-state index in [2.05, 4.69) is 14.8 Å². The summed E-state index contributed by atoms with van der Waals surface area (Å²) in [6.07, 6.45) is 6.76. The van der Waals surface area contributed by atoms with Crippen LogP contribution in [0.25, 0.3) is 11.1 Å². The Bertz CT molecular complexity index is 685. The number of oxazole rings is 1. The number of aromatic nitrogens is 1. The first-order valence-electron chi connectivity index (χ1n) is 9.12. The zero-order valence-corrected chi connectivity index (χ0v) is 14.7. The molecule has 130 valence electrons. The molecule has 2 fully saturated rings. The number of benzene rings is 1. The molecule has 0 radical (unpaired) electrons. The third kappa shape index (κ3) is 3.42. The average Bonchev–Trinajstić information content (AvgIpc) is 2.88. The Morgan fingerprint density at radius 3 is 2.67 bits per heavy atom. The van der Waals surface area contributed by atoms with Crippen LogP contribution in [0, 0.1) is 0 Å². The zero-order chi connectivity index (χ0) is 16.5. The molecule has 0 N–H and O–H groups in total. The zero-order valence-electron chi connectivity index (χ0n) is 14.7. The topological polar surface area (TPSA) is 41.7 Å². The molecule has 0 bridgehead atoms. The van der Waals surface area contributed by atoms with Gasteiger partial charge in [0.1, 0.15) is 17.4 Å². The van der Waals surface area contributed by atoms with Gasteiger partial charge in [-0.15, -0.1) is 0 Å². The molecule has 1 aliphatic heterocycles. The molecule has 2 heterocycles. The van der Waals surface area contributed by atoms with E-state index in [0.29, 0.717) is 12.6 Å². The molecule has 1 aromatic heterocycles. The lowest BCUT2D eigenvalue weighted by Crippen LogP contribution is -2.46. The van der Waals surface area contributed by atoms with Gasteiger partial charge < -0.3 is 19.0 Å². The van der Waals surface area contributed by atoms with E-state index in [4.69, 9.17) is 9.15 Å². The Morgan fingerprint density at radius 2 is 2.00 bits per heavy atom. The minimum Gasteiger partial charge on any atom is -0.490 e. The second kappa shape index (κ2) is 6.73. The third-order valence-electron chi connectivity index (χ3n) is 5.23. The lowest BCUT2D eigenvalue weighted by Gasteiger charge is -2.41. The molecule has 2 aliphatic rings. The van der Waals surface area contributed by atoms with Gasteiger partial charge in [0.25, 0.3) is 0 Å². The highest BCUT2D eigenvalue weighted by molar-refractivity contribution is 5.74. The number of ether oxygens (including phenoxy) is 1. The van der Waals surface area contributed by atoms with Crippen LogP contribution in [-0.2, 0) is 6.54 Å². The van der Waals surface area contributed by atoms with Crippen LogP contribution in [-0.4, -0.2) is 54.1 Å². The van der Waals surface area contributed by atoms with Crippen molar-refractivity contribution in [3.63, 3.8) is 0 Å². The minimum absolute atomic E-state index is 0.322. The fraction of sp³-hybridized carbons (Fsp3) is 0.632. The summed E-state index contributed by atoms with van der Waals surface area (Å²) in [4.78, 5) is 9.22. The van der Waals surface area contributed by atoms with Crippen molar-refractivity contribution in [2.45, 2.75) is 50.8 Å². The van der Waals surface area contributed by atoms with Crippen LogP contribution in [0.1, 0.15) is 38.0 Å². The van der Waals surface area contributed by atoms with Crippen molar-refractivity contribution >= 4 is 11.1 Å². The first kappa shape index (κ1) is 15.9. The van der Waals surface area contributed by atoms with Gasteiger partial charge in [-0.05, 0) is 51.9 Å². The quantitative estimate of drug-likeness (QED) is 0.842. The van der Waals surface area contributed by atoms with E-state index in [1.54, 1.807) is 0 Å². The Labute approximate surface area is 143 Å². The summed E-state index contributed by atoms with van der Waals surface area (Å²) in [7, 11) is 4.03. The lowest BCUT2D eigenvalue weighted by molar-refractivity contribution is 0.0494. The molecule has 2 aromatic rings. The molecule has 0 unspecified atom stereocenters. The van der Waals surface area contributed by atoms with E-state index >= 15 is 0 Å². The molecule has 0 spiro atoms. The first-order chi connectivity index (χ1) is 11.7. The van der Waals surface area contributed by atoms with Crippen molar-refractivity contribution in [2.75, 3.05) is 27.2 Å². The second-order valence-corrected chi connectivity index (χ2v) is 7.41. The highest BCUT2D eigenvalue weighted by Crippen LogP contribution is 2.29. The summed E-state index contributed by atoms with van der Waals surface area (Å²) < 4.78 is 12.0. The monoisotopic (exact) mass is 329 g/mol. The van der Waals surface area contributed by atoms with Gasteiger partial charge in [-0.1, -0.05) is 6.42 Å². The number of hydrogen-bond donors (Lipinski definition) is 0. The van der Waals surface area contributed by atoms with Gasteiger partial charge in [0.2, 0.25) is 5.89 Å². The van der Waals surface area contributed by atoms with E-state index < -0.39 is 0 Å². The number of rotatable bonds is 5. The number of hydrogen-bond acceptors (Lipinski definition) is 5. The third-order valence-corrected chi connectivity index (χ3v) is 5.23. The lowest BCUT2D eigenvalue weighted by atomic mass is 9.90. The van der Waals surface area contributed by atoms with Gasteiger partial charge in [-0.25, -0.2) is 4.98 Å². The van der Waals surface area contributed by atoms with Gasteiger partial charge >= 0.3 is 0 Å². The Morgan fingerprint density at radius 1 is 1.21 bits per heavy atom. The van der Waals surface area contributed by atoms with Crippen LogP contribution < -0.4 is 4.74 Å². The predicted octanol–water partition coefficient (Wildman–Crippen LogP) is 3.29. The number of fused-ring (bicyclic) bond motifs is 1. The molecular weight excluding hydrogens is 302 g/mol. The molecule has 1 aromatic carbocycles. The van der Waals surface area contributed by atoms with E-state index in [-0.39, 0.29) is 0 Å². The molecule has 5 heteroatoms. The molecular formula is C19H27N3O2. The highest BCUT2D eigenvalue weighted by atomic mass is 16.5. The number of likely N-dealkylation sites (tertiary alicyclic amines) is 1. The molecule has 1 saturated carbocycles. The minimum atomic E-state index is 0.322. The SMILES string of the molecule is CN(C)Cc1nc2ccc(OC3CCN(C4CCC4)CC3)cc2o1.